The minimum absolute atomic E-state index is 0.0426. The largest absolute Gasteiger partial charge is 0.468 e. The van der Waals surface area contributed by atoms with Crippen LogP contribution in [0.25, 0.3) is 0 Å². The van der Waals surface area contributed by atoms with E-state index in [9.17, 15) is 13.2 Å². The van der Waals surface area contributed by atoms with E-state index in [1.165, 1.54) is 18.4 Å². The van der Waals surface area contributed by atoms with Crippen molar-refractivity contribution in [3.63, 3.8) is 0 Å². The van der Waals surface area contributed by atoms with Gasteiger partial charge in [-0.15, -0.1) is 0 Å². The molecule has 7 heteroatoms. The lowest BCUT2D eigenvalue weighted by Gasteiger charge is -2.31. The molecule has 1 aliphatic heterocycles. The van der Waals surface area contributed by atoms with Gasteiger partial charge in [0.15, 0.2) is 0 Å². The highest BCUT2D eigenvalue weighted by atomic mass is 32.2. The van der Waals surface area contributed by atoms with Gasteiger partial charge in [-0.3, -0.25) is 4.79 Å². The predicted molar refractivity (Wildman–Crippen MR) is 93.5 cm³/mol. The van der Waals surface area contributed by atoms with Crippen molar-refractivity contribution >= 4 is 15.9 Å². The third-order valence-corrected chi connectivity index (χ3v) is 5.79. The van der Waals surface area contributed by atoms with Crippen LogP contribution in [0.3, 0.4) is 0 Å². The van der Waals surface area contributed by atoms with Gasteiger partial charge in [-0.05, 0) is 55.2 Å². The Morgan fingerprint density at radius 3 is 2.68 bits per heavy atom. The van der Waals surface area contributed by atoms with E-state index in [1.54, 1.807) is 24.3 Å². The Balaban J connectivity index is 1.67. The lowest BCUT2D eigenvalue weighted by Crippen LogP contribution is -2.39. The van der Waals surface area contributed by atoms with Gasteiger partial charge in [-0.2, -0.15) is 0 Å². The molecule has 1 amide bonds. The molecule has 0 radical (unpaired) electrons. The zero-order valence-corrected chi connectivity index (χ0v) is 15.0. The smallest absolute Gasteiger partial charge is 0.253 e. The van der Waals surface area contributed by atoms with E-state index in [2.05, 4.69) is 11.6 Å². The maximum atomic E-state index is 12.5. The summed E-state index contributed by atoms with van der Waals surface area (Å²) < 4.78 is 32.2. The Kier molecular flexibility index (Phi) is 5.24. The van der Waals surface area contributed by atoms with Gasteiger partial charge in [0.2, 0.25) is 10.0 Å². The number of rotatable bonds is 5. The number of piperidine rings is 1. The van der Waals surface area contributed by atoms with Crippen LogP contribution in [0.15, 0.2) is 52.0 Å². The number of nitrogens with one attached hydrogen (secondary N) is 1. The molecule has 0 unspecified atom stereocenters. The maximum Gasteiger partial charge on any atom is 0.253 e. The van der Waals surface area contributed by atoms with Gasteiger partial charge in [0.1, 0.15) is 5.76 Å². The number of hydrogen-bond donors (Lipinski definition) is 1. The number of benzene rings is 1. The monoisotopic (exact) mass is 362 g/mol. The molecule has 3 rings (SSSR count). The van der Waals surface area contributed by atoms with Crippen molar-refractivity contribution in [2.24, 2.45) is 5.92 Å². The fraction of sp³-hybridized carbons (Fsp3) is 0.389. The van der Waals surface area contributed by atoms with Crippen LogP contribution in [0, 0.1) is 5.92 Å². The number of likely N-dealkylation sites (tertiary alicyclic amines) is 1. The highest BCUT2D eigenvalue weighted by Crippen LogP contribution is 2.19. The van der Waals surface area contributed by atoms with E-state index in [4.69, 9.17) is 4.42 Å². The first-order valence-corrected chi connectivity index (χ1v) is 9.85. The van der Waals surface area contributed by atoms with E-state index < -0.39 is 10.0 Å². The Morgan fingerprint density at radius 2 is 2.04 bits per heavy atom. The maximum absolute atomic E-state index is 12.5. The van der Waals surface area contributed by atoms with Crippen LogP contribution in [0.2, 0.25) is 0 Å². The number of carbonyl (C=O) groups excluding carboxylic acids is 1. The first-order valence-electron chi connectivity index (χ1n) is 8.37. The van der Waals surface area contributed by atoms with Crippen molar-refractivity contribution in [3.05, 3.63) is 54.0 Å². The van der Waals surface area contributed by atoms with Crippen LogP contribution in [-0.2, 0) is 16.6 Å². The molecule has 25 heavy (non-hydrogen) atoms. The summed E-state index contributed by atoms with van der Waals surface area (Å²) in [6.45, 7) is 3.74. The first kappa shape index (κ1) is 17.7. The molecule has 1 aliphatic rings. The second kappa shape index (κ2) is 7.41. The van der Waals surface area contributed by atoms with Crippen molar-refractivity contribution < 1.29 is 17.6 Å². The molecule has 1 saturated heterocycles. The Morgan fingerprint density at radius 1 is 1.28 bits per heavy atom. The molecule has 1 aromatic carbocycles. The summed E-state index contributed by atoms with van der Waals surface area (Å²) in [6, 6.07) is 9.47. The molecule has 2 heterocycles. The average molecular weight is 362 g/mol. The standard InChI is InChI=1S/C18H22N2O4S/c1-14-4-2-10-20(13-14)18(21)15-6-8-17(9-7-15)25(22,23)19-12-16-5-3-11-24-16/h3,5-9,11,14,19H,2,4,10,12-13H2,1H3/t14-/m1/s1. The topological polar surface area (TPSA) is 79.6 Å². The normalized spacial score (nSPS) is 18.3. The fourth-order valence-corrected chi connectivity index (χ4v) is 3.99. The number of carbonyl (C=O) groups is 1. The minimum atomic E-state index is -3.65. The van der Waals surface area contributed by atoms with Crippen molar-refractivity contribution in [2.45, 2.75) is 31.2 Å². The fourth-order valence-electron chi connectivity index (χ4n) is 3.00. The molecule has 134 valence electrons. The molecule has 0 aliphatic carbocycles. The average Bonchev–Trinajstić information content (AvgIpc) is 3.13. The zero-order valence-electron chi connectivity index (χ0n) is 14.1. The van der Waals surface area contributed by atoms with E-state index >= 15 is 0 Å². The van der Waals surface area contributed by atoms with Crippen LogP contribution in [-0.4, -0.2) is 32.3 Å². The molecule has 1 N–H and O–H groups in total. The van der Waals surface area contributed by atoms with Gasteiger partial charge in [0.05, 0.1) is 17.7 Å². The molecule has 6 nitrogen and oxygen atoms in total. The summed E-state index contributed by atoms with van der Waals surface area (Å²) in [5.74, 6) is 0.997. The summed E-state index contributed by atoms with van der Waals surface area (Å²) in [5.41, 5.74) is 0.513. The number of furan rings is 1. The molecule has 0 saturated carbocycles. The minimum Gasteiger partial charge on any atom is -0.468 e. The van der Waals surface area contributed by atoms with E-state index in [0.29, 0.717) is 17.2 Å². The predicted octanol–water partition coefficient (Wildman–Crippen LogP) is 2.63. The van der Waals surface area contributed by atoms with Crippen molar-refractivity contribution in [1.82, 2.24) is 9.62 Å². The molecular weight excluding hydrogens is 340 g/mol. The molecule has 1 fully saturated rings. The first-order chi connectivity index (χ1) is 12.0. The van der Waals surface area contributed by atoms with Crippen LogP contribution in [0.4, 0.5) is 0 Å². The number of hydrogen-bond acceptors (Lipinski definition) is 4. The highest BCUT2D eigenvalue weighted by molar-refractivity contribution is 7.89. The van der Waals surface area contributed by atoms with Crippen molar-refractivity contribution in [2.75, 3.05) is 13.1 Å². The van der Waals surface area contributed by atoms with Crippen LogP contribution in [0.1, 0.15) is 35.9 Å². The second-order valence-corrected chi connectivity index (χ2v) is 8.19. The van der Waals surface area contributed by atoms with E-state index in [-0.39, 0.29) is 17.3 Å². The second-order valence-electron chi connectivity index (χ2n) is 6.43. The van der Waals surface area contributed by atoms with E-state index in [1.807, 2.05) is 4.90 Å². The van der Waals surface area contributed by atoms with Gasteiger partial charge in [0, 0.05) is 18.7 Å². The molecule has 0 bridgehead atoms. The van der Waals surface area contributed by atoms with Gasteiger partial charge in [-0.25, -0.2) is 13.1 Å². The number of nitrogens with zero attached hydrogens (tertiary/aromatic N) is 1. The summed E-state index contributed by atoms with van der Waals surface area (Å²) in [5, 5.41) is 0. The Hall–Kier alpha value is -2.12. The Bertz CT molecular complexity index is 813. The summed E-state index contributed by atoms with van der Waals surface area (Å²) in [6.07, 6.45) is 3.64. The van der Waals surface area contributed by atoms with Gasteiger partial charge in [0.25, 0.3) is 5.91 Å². The third-order valence-electron chi connectivity index (χ3n) is 4.37. The third kappa shape index (κ3) is 4.29. The van der Waals surface area contributed by atoms with Gasteiger partial charge < -0.3 is 9.32 Å². The zero-order chi connectivity index (χ0) is 17.9. The van der Waals surface area contributed by atoms with Crippen LogP contribution >= 0.6 is 0 Å². The highest BCUT2D eigenvalue weighted by Gasteiger charge is 2.22. The van der Waals surface area contributed by atoms with Crippen LogP contribution < -0.4 is 4.72 Å². The van der Waals surface area contributed by atoms with Crippen molar-refractivity contribution in [1.29, 1.82) is 0 Å². The molecular formula is C18H22N2O4S. The molecule has 1 aromatic heterocycles. The molecule has 1 atom stereocenters. The number of sulfonamides is 1. The van der Waals surface area contributed by atoms with E-state index in [0.717, 1.165) is 25.9 Å². The Labute approximate surface area is 147 Å². The summed E-state index contributed by atoms with van der Waals surface area (Å²) in [7, 11) is -3.65. The molecule has 0 spiro atoms. The quantitative estimate of drug-likeness (QED) is 0.887. The van der Waals surface area contributed by atoms with Crippen molar-refractivity contribution in [3.8, 4) is 0 Å². The van der Waals surface area contributed by atoms with Crippen LogP contribution in [0.5, 0.6) is 0 Å². The van der Waals surface area contributed by atoms with Gasteiger partial charge in [-0.1, -0.05) is 6.92 Å². The lowest BCUT2D eigenvalue weighted by molar-refractivity contribution is 0.0683. The lowest BCUT2D eigenvalue weighted by atomic mass is 9.99. The summed E-state index contributed by atoms with van der Waals surface area (Å²) in [4.78, 5) is 14.5. The summed E-state index contributed by atoms with van der Waals surface area (Å²) >= 11 is 0. The molecule has 2 aromatic rings. The number of amides is 1. The van der Waals surface area contributed by atoms with Gasteiger partial charge >= 0.3 is 0 Å². The SMILES string of the molecule is C[C@@H]1CCCN(C(=O)c2ccc(S(=O)(=O)NCc3ccco3)cc2)C1.